The van der Waals surface area contributed by atoms with Crippen molar-refractivity contribution >= 4 is 0 Å². The van der Waals surface area contributed by atoms with Crippen LogP contribution in [-0.4, -0.2) is 31.5 Å². The normalized spacial score (nSPS) is 18.8. The van der Waals surface area contributed by atoms with Crippen LogP contribution in [0.2, 0.25) is 0 Å². The topological polar surface area (TPSA) is 106 Å². The highest BCUT2D eigenvalue weighted by Crippen LogP contribution is 2.24. The fraction of sp³-hybridized carbons (Fsp3) is 0.333. The third kappa shape index (κ3) is 4.91. The van der Waals surface area contributed by atoms with E-state index in [1.165, 1.54) is 21.5 Å². The molecule has 206 valence electrons. The van der Waals surface area contributed by atoms with Crippen molar-refractivity contribution in [3.63, 3.8) is 0 Å². The van der Waals surface area contributed by atoms with Gasteiger partial charge in [-0.15, -0.1) is 0 Å². The molecule has 0 amide bonds. The molecule has 0 N–H and O–H groups in total. The van der Waals surface area contributed by atoms with Crippen LogP contribution in [0, 0.1) is 0 Å². The van der Waals surface area contributed by atoms with Crippen molar-refractivity contribution < 1.29 is 9.47 Å². The number of ether oxygens (including phenoxy) is 2. The van der Waals surface area contributed by atoms with Gasteiger partial charge in [0, 0.05) is 25.6 Å². The smallest absolute Gasteiger partial charge is 0.333 e. The van der Waals surface area contributed by atoms with E-state index in [9.17, 15) is 19.2 Å². The van der Waals surface area contributed by atoms with E-state index in [0.717, 1.165) is 33.1 Å². The Labute approximate surface area is 229 Å². The van der Waals surface area contributed by atoms with Gasteiger partial charge >= 0.3 is 11.4 Å². The monoisotopic (exact) mass is 542 g/mol. The predicted octanol–water partition coefficient (Wildman–Crippen LogP) is 2.71. The SMILES string of the molecule is O=c1c(-c2cn(C3CCCO3)c(=O)n(Cc3ccccc3)c2=O)cn(C2CCCO2)c(=O)n1Cc1ccccc1. The van der Waals surface area contributed by atoms with Crippen molar-refractivity contribution in [2.75, 3.05) is 13.2 Å². The molecule has 2 unspecified atom stereocenters. The number of aromatic nitrogens is 4. The molecule has 0 spiro atoms. The van der Waals surface area contributed by atoms with E-state index in [1.807, 2.05) is 60.7 Å². The van der Waals surface area contributed by atoms with E-state index in [-0.39, 0.29) is 24.2 Å². The van der Waals surface area contributed by atoms with E-state index in [1.54, 1.807) is 0 Å². The molecule has 40 heavy (non-hydrogen) atoms. The minimum atomic E-state index is -0.607. The van der Waals surface area contributed by atoms with Crippen molar-refractivity contribution in [2.45, 2.75) is 51.2 Å². The van der Waals surface area contributed by atoms with Gasteiger partial charge in [0.15, 0.2) is 0 Å². The van der Waals surface area contributed by atoms with Gasteiger partial charge in [-0.1, -0.05) is 60.7 Å². The number of nitrogens with zero attached hydrogens (tertiary/aromatic N) is 4. The maximum atomic E-state index is 13.9. The van der Waals surface area contributed by atoms with Crippen LogP contribution < -0.4 is 22.5 Å². The summed E-state index contributed by atoms with van der Waals surface area (Å²) in [6.07, 6.45) is 4.49. The van der Waals surface area contributed by atoms with Crippen LogP contribution in [0.1, 0.15) is 49.3 Å². The average Bonchev–Trinajstić information content (AvgIpc) is 3.71. The minimum absolute atomic E-state index is 0.0304. The summed E-state index contributed by atoms with van der Waals surface area (Å²) in [5.41, 5.74) is -0.641. The Morgan fingerprint density at radius 1 is 0.600 bits per heavy atom. The molecule has 0 radical (unpaired) electrons. The maximum absolute atomic E-state index is 13.9. The van der Waals surface area contributed by atoms with Crippen LogP contribution in [0.5, 0.6) is 0 Å². The standard InChI is InChI=1S/C30H30N4O6/c35-27-23(19-31(25-13-7-15-39-25)29(37)33(27)17-21-9-3-1-4-10-21)24-20-32(26-14-8-16-40-26)30(38)34(28(24)36)18-22-11-5-2-6-12-22/h1-6,9-12,19-20,25-26H,7-8,13-18H2. The molecule has 10 nitrogen and oxygen atoms in total. The zero-order valence-corrected chi connectivity index (χ0v) is 22.0. The lowest BCUT2D eigenvalue weighted by Crippen LogP contribution is -2.45. The highest BCUT2D eigenvalue weighted by molar-refractivity contribution is 5.59. The first-order valence-electron chi connectivity index (χ1n) is 13.5. The first-order valence-corrected chi connectivity index (χ1v) is 13.5. The second-order valence-electron chi connectivity index (χ2n) is 10.2. The molecule has 2 aliphatic heterocycles. The first kappa shape index (κ1) is 26.0. The van der Waals surface area contributed by atoms with E-state index in [4.69, 9.17) is 9.47 Å². The second kappa shape index (κ2) is 11.1. The Bertz CT molecular complexity index is 1610. The van der Waals surface area contributed by atoms with Crippen molar-refractivity contribution in [3.05, 3.63) is 126 Å². The molecule has 2 saturated heterocycles. The van der Waals surface area contributed by atoms with Gasteiger partial charge in [0.25, 0.3) is 11.1 Å². The number of rotatable bonds is 7. The second-order valence-corrected chi connectivity index (χ2v) is 10.2. The Kier molecular flexibility index (Phi) is 7.19. The van der Waals surface area contributed by atoms with Gasteiger partial charge in [-0.05, 0) is 36.8 Å². The minimum Gasteiger partial charge on any atom is -0.358 e. The summed E-state index contributed by atoms with van der Waals surface area (Å²) < 4.78 is 16.7. The van der Waals surface area contributed by atoms with Crippen molar-refractivity contribution in [1.82, 2.24) is 18.3 Å². The molecule has 0 bridgehead atoms. The number of hydrogen-bond donors (Lipinski definition) is 0. The molecule has 2 fully saturated rings. The molecular weight excluding hydrogens is 512 g/mol. The lowest BCUT2D eigenvalue weighted by molar-refractivity contribution is 0.0510. The van der Waals surface area contributed by atoms with Crippen LogP contribution in [0.15, 0.2) is 92.2 Å². The summed E-state index contributed by atoms with van der Waals surface area (Å²) in [7, 11) is 0. The Balaban J connectivity index is 1.59. The van der Waals surface area contributed by atoms with E-state index < -0.39 is 35.0 Å². The third-order valence-electron chi connectivity index (χ3n) is 7.48. The molecule has 0 saturated carbocycles. The molecule has 4 heterocycles. The maximum Gasteiger partial charge on any atom is 0.333 e. The van der Waals surface area contributed by atoms with Crippen LogP contribution in [0.4, 0.5) is 0 Å². The molecule has 2 aliphatic rings. The fourth-order valence-electron chi connectivity index (χ4n) is 5.40. The predicted molar refractivity (Wildman–Crippen MR) is 148 cm³/mol. The Hall–Kier alpha value is -4.28. The van der Waals surface area contributed by atoms with Crippen LogP contribution >= 0.6 is 0 Å². The zero-order valence-electron chi connectivity index (χ0n) is 22.0. The molecule has 2 aromatic heterocycles. The zero-order chi connectivity index (χ0) is 27.6. The quantitative estimate of drug-likeness (QED) is 0.356. The highest BCUT2D eigenvalue weighted by Gasteiger charge is 2.27. The van der Waals surface area contributed by atoms with Gasteiger partial charge < -0.3 is 9.47 Å². The van der Waals surface area contributed by atoms with Crippen molar-refractivity contribution in [2.24, 2.45) is 0 Å². The Morgan fingerprint density at radius 3 is 1.35 bits per heavy atom. The van der Waals surface area contributed by atoms with Crippen LogP contribution in [0.25, 0.3) is 11.1 Å². The third-order valence-corrected chi connectivity index (χ3v) is 7.48. The van der Waals surface area contributed by atoms with E-state index in [0.29, 0.717) is 26.1 Å². The largest absolute Gasteiger partial charge is 0.358 e. The van der Waals surface area contributed by atoms with Crippen LogP contribution in [-0.2, 0) is 22.6 Å². The fourth-order valence-corrected chi connectivity index (χ4v) is 5.40. The van der Waals surface area contributed by atoms with Crippen LogP contribution in [0.3, 0.4) is 0 Å². The van der Waals surface area contributed by atoms with Gasteiger partial charge in [0.05, 0.1) is 24.2 Å². The van der Waals surface area contributed by atoms with Gasteiger partial charge in [0.1, 0.15) is 12.5 Å². The molecule has 10 heteroatoms. The lowest BCUT2D eigenvalue weighted by Gasteiger charge is -2.20. The molecule has 4 aromatic rings. The highest BCUT2D eigenvalue weighted by atomic mass is 16.5. The van der Waals surface area contributed by atoms with Gasteiger partial charge in [-0.25, -0.2) is 9.59 Å². The first-order chi connectivity index (χ1) is 19.5. The molecule has 2 aromatic carbocycles. The van der Waals surface area contributed by atoms with Gasteiger partial charge in [0.2, 0.25) is 0 Å². The van der Waals surface area contributed by atoms with E-state index >= 15 is 0 Å². The summed E-state index contributed by atoms with van der Waals surface area (Å²) >= 11 is 0. The number of hydrogen-bond acceptors (Lipinski definition) is 6. The average molecular weight is 543 g/mol. The van der Waals surface area contributed by atoms with Gasteiger partial charge in [-0.3, -0.25) is 27.9 Å². The Morgan fingerprint density at radius 2 is 1.00 bits per heavy atom. The summed E-state index contributed by atoms with van der Waals surface area (Å²) in [5.74, 6) is 0. The molecule has 6 rings (SSSR count). The molecule has 2 atom stereocenters. The van der Waals surface area contributed by atoms with Crippen molar-refractivity contribution in [3.8, 4) is 11.1 Å². The molecular formula is C30H30N4O6. The summed E-state index contributed by atoms with van der Waals surface area (Å²) in [4.78, 5) is 55.0. The number of benzene rings is 2. The lowest BCUT2D eigenvalue weighted by atomic mass is 10.1. The summed E-state index contributed by atoms with van der Waals surface area (Å²) in [6.45, 7) is 1.06. The summed E-state index contributed by atoms with van der Waals surface area (Å²) in [5, 5.41) is 0. The van der Waals surface area contributed by atoms with Gasteiger partial charge in [-0.2, -0.15) is 0 Å². The van der Waals surface area contributed by atoms with E-state index in [2.05, 4.69) is 0 Å². The van der Waals surface area contributed by atoms with Crippen molar-refractivity contribution in [1.29, 1.82) is 0 Å². The molecule has 0 aliphatic carbocycles. The summed E-state index contributed by atoms with van der Waals surface area (Å²) in [6, 6.07) is 18.4.